The van der Waals surface area contributed by atoms with Gasteiger partial charge in [0.05, 0.1) is 10.0 Å². The van der Waals surface area contributed by atoms with E-state index >= 15 is 0 Å². The minimum atomic E-state index is -0.393. The van der Waals surface area contributed by atoms with E-state index in [-0.39, 0.29) is 18.1 Å². The third-order valence-corrected chi connectivity index (χ3v) is 7.81. The van der Waals surface area contributed by atoms with Gasteiger partial charge in [-0.1, -0.05) is 64.5 Å². The van der Waals surface area contributed by atoms with Crippen LogP contribution in [-0.2, 0) is 9.59 Å². The van der Waals surface area contributed by atoms with Crippen LogP contribution in [0.3, 0.4) is 0 Å². The van der Waals surface area contributed by atoms with Gasteiger partial charge in [-0.25, -0.2) is 0 Å². The van der Waals surface area contributed by atoms with Crippen molar-refractivity contribution in [1.82, 2.24) is 10.2 Å². The standard InChI is InChI=1S/C20H17Cl2N3O2S2/c1-2-9-28-20-24-23-19(29-20)25-14-7-4-8-15(26)17(14)12(10-16(25)27)11-5-3-6-13(21)18(11)22/h2-3,5-6,12H,1,4,7-10H2. The molecule has 0 spiro atoms. The van der Waals surface area contributed by atoms with Gasteiger partial charge in [0.15, 0.2) is 10.1 Å². The first kappa shape index (κ1) is 20.6. The second-order valence-electron chi connectivity index (χ2n) is 6.72. The Balaban J connectivity index is 1.80. The van der Waals surface area contributed by atoms with E-state index < -0.39 is 5.92 Å². The summed E-state index contributed by atoms with van der Waals surface area (Å²) in [5.74, 6) is 0.256. The molecule has 29 heavy (non-hydrogen) atoms. The predicted octanol–water partition coefficient (Wildman–Crippen LogP) is 5.65. The maximum absolute atomic E-state index is 13.2. The maximum atomic E-state index is 13.2. The third-order valence-electron chi connectivity index (χ3n) is 4.94. The number of carbonyl (C=O) groups excluding carboxylic acids is 2. The SMILES string of the molecule is C=CCSc1nnc(N2C(=O)CC(c3cccc(Cl)c3Cl)C3=C2CCCC3=O)s1. The summed E-state index contributed by atoms with van der Waals surface area (Å²) in [6.45, 7) is 3.70. The number of halogens is 2. The Labute approximate surface area is 186 Å². The summed E-state index contributed by atoms with van der Waals surface area (Å²) in [7, 11) is 0. The molecule has 4 rings (SSSR count). The van der Waals surface area contributed by atoms with Crippen molar-refractivity contribution in [2.45, 2.75) is 35.9 Å². The number of aromatic nitrogens is 2. The average molecular weight is 466 g/mol. The Kier molecular flexibility index (Phi) is 6.11. The van der Waals surface area contributed by atoms with Gasteiger partial charge in [-0.3, -0.25) is 14.5 Å². The number of benzene rings is 1. The highest BCUT2D eigenvalue weighted by Crippen LogP contribution is 2.46. The molecule has 0 N–H and O–H groups in total. The zero-order valence-electron chi connectivity index (χ0n) is 15.4. The number of Topliss-reactive ketones (excluding diaryl/α,β-unsaturated/α-hetero) is 1. The summed E-state index contributed by atoms with van der Waals surface area (Å²) >= 11 is 15.5. The van der Waals surface area contributed by atoms with Gasteiger partial charge in [0.1, 0.15) is 0 Å². The number of rotatable bonds is 5. The summed E-state index contributed by atoms with van der Waals surface area (Å²) in [6.07, 6.45) is 3.73. The van der Waals surface area contributed by atoms with Crippen molar-refractivity contribution in [2.24, 2.45) is 0 Å². The molecule has 1 aromatic carbocycles. The fraction of sp³-hybridized carbons (Fsp3) is 0.300. The molecule has 1 aromatic heterocycles. The van der Waals surface area contributed by atoms with E-state index in [9.17, 15) is 9.59 Å². The van der Waals surface area contributed by atoms with Gasteiger partial charge in [-0.2, -0.15) is 0 Å². The van der Waals surface area contributed by atoms with Crippen LogP contribution in [0.25, 0.3) is 0 Å². The molecular weight excluding hydrogens is 449 g/mol. The van der Waals surface area contributed by atoms with Crippen LogP contribution in [0, 0.1) is 0 Å². The van der Waals surface area contributed by atoms with Crippen molar-refractivity contribution in [3.05, 3.63) is 57.7 Å². The zero-order valence-corrected chi connectivity index (χ0v) is 18.5. The molecule has 2 heterocycles. The van der Waals surface area contributed by atoms with Gasteiger partial charge in [-0.15, -0.1) is 16.8 Å². The molecule has 1 amide bonds. The number of thioether (sulfide) groups is 1. The molecule has 2 aliphatic rings. The van der Waals surface area contributed by atoms with E-state index in [1.54, 1.807) is 23.1 Å². The molecule has 1 atom stereocenters. The lowest BCUT2D eigenvalue weighted by atomic mass is 9.77. The molecule has 5 nitrogen and oxygen atoms in total. The van der Waals surface area contributed by atoms with E-state index in [1.807, 2.05) is 6.07 Å². The van der Waals surface area contributed by atoms with Gasteiger partial charge in [0.25, 0.3) is 0 Å². The van der Waals surface area contributed by atoms with Gasteiger partial charge in [0, 0.05) is 35.8 Å². The number of carbonyl (C=O) groups is 2. The van der Waals surface area contributed by atoms with E-state index in [2.05, 4.69) is 16.8 Å². The van der Waals surface area contributed by atoms with Gasteiger partial charge < -0.3 is 0 Å². The zero-order chi connectivity index (χ0) is 20.5. The fourth-order valence-electron chi connectivity index (χ4n) is 3.75. The lowest BCUT2D eigenvalue weighted by Gasteiger charge is -2.37. The van der Waals surface area contributed by atoms with Crippen molar-refractivity contribution in [3.8, 4) is 0 Å². The average Bonchev–Trinajstić information content (AvgIpc) is 3.16. The van der Waals surface area contributed by atoms with Gasteiger partial charge in [-0.05, 0) is 24.5 Å². The maximum Gasteiger partial charge on any atom is 0.234 e. The highest BCUT2D eigenvalue weighted by Gasteiger charge is 2.41. The number of hydrogen-bond donors (Lipinski definition) is 0. The summed E-state index contributed by atoms with van der Waals surface area (Å²) in [5.41, 5.74) is 2.08. The van der Waals surface area contributed by atoms with Crippen LogP contribution >= 0.6 is 46.3 Å². The number of hydrogen-bond acceptors (Lipinski definition) is 6. The summed E-state index contributed by atoms with van der Waals surface area (Å²) < 4.78 is 0.761. The molecule has 2 aromatic rings. The van der Waals surface area contributed by atoms with Crippen LogP contribution < -0.4 is 4.90 Å². The quantitative estimate of drug-likeness (QED) is 0.324. The number of ketones is 1. The first-order valence-corrected chi connectivity index (χ1v) is 11.7. The Morgan fingerprint density at radius 2 is 2.10 bits per heavy atom. The second-order valence-corrected chi connectivity index (χ2v) is 9.72. The van der Waals surface area contributed by atoms with Crippen LogP contribution in [0.4, 0.5) is 5.13 Å². The largest absolute Gasteiger partial charge is 0.294 e. The Morgan fingerprint density at radius 3 is 2.90 bits per heavy atom. The molecule has 0 bridgehead atoms. The molecule has 150 valence electrons. The minimum Gasteiger partial charge on any atom is -0.294 e. The van der Waals surface area contributed by atoms with Crippen molar-refractivity contribution in [3.63, 3.8) is 0 Å². The van der Waals surface area contributed by atoms with Crippen molar-refractivity contribution in [1.29, 1.82) is 0 Å². The molecule has 1 aliphatic carbocycles. The lowest BCUT2D eigenvalue weighted by Crippen LogP contribution is -2.40. The van der Waals surface area contributed by atoms with Crippen LogP contribution in [-0.4, -0.2) is 27.6 Å². The normalized spacial score (nSPS) is 19.5. The first-order valence-electron chi connectivity index (χ1n) is 9.11. The van der Waals surface area contributed by atoms with Crippen molar-refractivity contribution in [2.75, 3.05) is 10.7 Å². The van der Waals surface area contributed by atoms with E-state index in [4.69, 9.17) is 23.2 Å². The monoisotopic (exact) mass is 465 g/mol. The summed E-state index contributed by atoms with van der Waals surface area (Å²) in [4.78, 5) is 27.7. The van der Waals surface area contributed by atoms with Crippen LogP contribution in [0.5, 0.6) is 0 Å². The van der Waals surface area contributed by atoms with Crippen LogP contribution in [0.15, 0.2) is 46.5 Å². The number of amides is 1. The van der Waals surface area contributed by atoms with E-state index in [0.29, 0.717) is 45.8 Å². The Morgan fingerprint density at radius 1 is 1.28 bits per heavy atom. The molecule has 1 unspecified atom stereocenters. The molecule has 0 radical (unpaired) electrons. The second kappa shape index (κ2) is 8.60. The first-order chi connectivity index (χ1) is 14.0. The molecule has 0 fully saturated rings. The Hall–Kier alpha value is -1.67. The minimum absolute atomic E-state index is 0.0514. The predicted molar refractivity (Wildman–Crippen MR) is 118 cm³/mol. The van der Waals surface area contributed by atoms with Crippen LogP contribution in [0.2, 0.25) is 10.0 Å². The topological polar surface area (TPSA) is 63.2 Å². The highest BCUT2D eigenvalue weighted by atomic mass is 35.5. The number of nitrogens with zero attached hydrogens (tertiary/aromatic N) is 3. The van der Waals surface area contributed by atoms with Crippen LogP contribution in [0.1, 0.15) is 37.2 Å². The molecule has 0 saturated carbocycles. The van der Waals surface area contributed by atoms with Gasteiger partial charge in [0.2, 0.25) is 11.0 Å². The van der Waals surface area contributed by atoms with Crippen molar-refractivity contribution >= 4 is 63.1 Å². The van der Waals surface area contributed by atoms with E-state index in [1.165, 1.54) is 23.1 Å². The molecule has 0 saturated heterocycles. The smallest absolute Gasteiger partial charge is 0.234 e. The number of anilines is 1. The van der Waals surface area contributed by atoms with E-state index in [0.717, 1.165) is 15.6 Å². The van der Waals surface area contributed by atoms with Crippen molar-refractivity contribution < 1.29 is 9.59 Å². The molecule has 1 aliphatic heterocycles. The third kappa shape index (κ3) is 3.89. The number of allylic oxidation sites excluding steroid dienone is 2. The van der Waals surface area contributed by atoms with Gasteiger partial charge >= 0.3 is 0 Å². The summed E-state index contributed by atoms with van der Waals surface area (Å²) in [6, 6.07) is 5.33. The highest BCUT2D eigenvalue weighted by molar-refractivity contribution is 8.01. The molecular formula is C20H17Cl2N3O2S2. The lowest BCUT2D eigenvalue weighted by molar-refractivity contribution is -0.119. The Bertz CT molecular complexity index is 1030. The fourth-order valence-corrected chi connectivity index (χ4v) is 5.84. The summed E-state index contributed by atoms with van der Waals surface area (Å²) in [5, 5.41) is 9.69. The molecule has 9 heteroatoms.